The highest BCUT2D eigenvalue weighted by molar-refractivity contribution is 7.80. The Labute approximate surface area is 155 Å². The van der Waals surface area contributed by atoms with E-state index in [4.69, 9.17) is 21.4 Å². The molecule has 2 amide bonds. The number of methoxy groups -OCH3 is 1. The van der Waals surface area contributed by atoms with E-state index in [1.165, 1.54) is 18.1 Å². The molecule has 0 aliphatic carbocycles. The Morgan fingerprint density at radius 1 is 1.19 bits per heavy atom. The highest BCUT2D eigenvalue weighted by Crippen LogP contribution is 2.31. The number of amides is 2. The Bertz CT molecular complexity index is 917. The summed E-state index contributed by atoms with van der Waals surface area (Å²) in [5, 5.41) is 2.53. The number of hydrogen-bond acceptors (Lipinski definition) is 6. The molecule has 0 radical (unpaired) electrons. The molecule has 7 nitrogen and oxygen atoms in total. The normalized spacial score (nSPS) is 16.0. The Kier molecular flexibility index (Phi) is 4.77. The van der Waals surface area contributed by atoms with E-state index >= 15 is 0 Å². The molecule has 1 fully saturated rings. The lowest BCUT2D eigenvalue weighted by atomic mass is 10.1. The molecule has 1 saturated heterocycles. The molecule has 0 bridgehead atoms. The third-order valence-electron chi connectivity index (χ3n) is 3.77. The van der Waals surface area contributed by atoms with Crippen LogP contribution in [0.4, 0.5) is 11.6 Å². The molecule has 2 aromatic rings. The van der Waals surface area contributed by atoms with Crippen LogP contribution in [0.25, 0.3) is 6.08 Å². The predicted molar refractivity (Wildman–Crippen MR) is 102 cm³/mol. The quantitative estimate of drug-likeness (QED) is 0.504. The molecule has 0 saturated carbocycles. The first-order chi connectivity index (χ1) is 12.4. The first-order valence-electron chi connectivity index (χ1n) is 7.74. The van der Waals surface area contributed by atoms with Crippen molar-refractivity contribution >= 4 is 46.8 Å². The van der Waals surface area contributed by atoms with Gasteiger partial charge in [-0.3, -0.25) is 14.9 Å². The monoisotopic (exact) mass is 371 g/mol. The minimum atomic E-state index is -0.575. The van der Waals surface area contributed by atoms with Crippen molar-refractivity contribution in [3.63, 3.8) is 0 Å². The van der Waals surface area contributed by atoms with E-state index in [-0.39, 0.29) is 10.7 Å². The van der Waals surface area contributed by atoms with Gasteiger partial charge in [-0.1, -0.05) is 12.1 Å². The average Bonchev–Trinajstić information content (AvgIpc) is 3.08. The van der Waals surface area contributed by atoms with Crippen molar-refractivity contribution in [1.29, 1.82) is 0 Å². The summed E-state index contributed by atoms with van der Waals surface area (Å²) in [5.41, 5.74) is 0.369. The maximum absolute atomic E-state index is 13.0. The van der Waals surface area contributed by atoms with Gasteiger partial charge in [0, 0.05) is 20.2 Å². The maximum Gasteiger partial charge on any atom is 0.270 e. The van der Waals surface area contributed by atoms with Gasteiger partial charge in [0.1, 0.15) is 17.1 Å². The van der Waals surface area contributed by atoms with Crippen LogP contribution in [0.15, 0.2) is 46.4 Å². The number of hydrogen-bond donors (Lipinski definition) is 1. The second kappa shape index (κ2) is 7.01. The zero-order valence-corrected chi connectivity index (χ0v) is 15.3. The minimum absolute atomic E-state index is 0.00456. The van der Waals surface area contributed by atoms with Crippen LogP contribution in [0.2, 0.25) is 0 Å². The molecule has 1 aliphatic rings. The van der Waals surface area contributed by atoms with Gasteiger partial charge in [0.05, 0.1) is 12.8 Å². The minimum Gasteiger partial charge on any atom is -0.495 e. The molecule has 0 unspecified atom stereocenters. The zero-order chi connectivity index (χ0) is 18.8. The van der Waals surface area contributed by atoms with Gasteiger partial charge in [-0.2, -0.15) is 0 Å². The number of anilines is 2. The highest BCUT2D eigenvalue weighted by atomic mass is 32.1. The molecule has 1 aromatic heterocycles. The van der Waals surface area contributed by atoms with Gasteiger partial charge < -0.3 is 14.1 Å². The SMILES string of the molecule is COc1ccccc1N1C(=O)/C(=C/c2ccc(N(C)C)o2)C(=O)NC1=S. The van der Waals surface area contributed by atoms with Crippen molar-refractivity contribution in [3.8, 4) is 5.75 Å². The number of carbonyl (C=O) groups excluding carboxylic acids is 2. The van der Waals surface area contributed by atoms with Gasteiger partial charge in [0.15, 0.2) is 11.0 Å². The molecule has 2 heterocycles. The van der Waals surface area contributed by atoms with Gasteiger partial charge in [0.25, 0.3) is 11.8 Å². The fourth-order valence-corrected chi connectivity index (χ4v) is 2.77. The van der Waals surface area contributed by atoms with Crippen molar-refractivity contribution in [2.24, 2.45) is 0 Å². The third kappa shape index (κ3) is 3.18. The van der Waals surface area contributed by atoms with Crippen LogP contribution in [-0.2, 0) is 9.59 Å². The summed E-state index contributed by atoms with van der Waals surface area (Å²) in [6.45, 7) is 0. The Hall–Kier alpha value is -3.13. The number of benzene rings is 1. The van der Waals surface area contributed by atoms with Crippen molar-refractivity contribution in [2.75, 3.05) is 31.0 Å². The number of nitrogens with one attached hydrogen (secondary N) is 1. The number of para-hydroxylation sites is 2. The van der Waals surface area contributed by atoms with Gasteiger partial charge >= 0.3 is 0 Å². The maximum atomic E-state index is 13.0. The second-order valence-electron chi connectivity index (χ2n) is 5.70. The van der Waals surface area contributed by atoms with E-state index in [0.29, 0.717) is 23.1 Å². The zero-order valence-electron chi connectivity index (χ0n) is 14.5. The van der Waals surface area contributed by atoms with Gasteiger partial charge in [-0.25, -0.2) is 4.90 Å². The molecule has 0 atom stereocenters. The van der Waals surface area contributed by atoms with Crippen LogP contribution in [0.3, 0.4) is 0 Å². The van der Waals surface area contributed by atoms with Gasteiger partial charge in [-0.15, -0.1) is 0 Å². The number of thiocarbonyl (C=S) groups is 1. The van der Waals surface area contributed by atoms with E-state index in [1.807, 2.05) is 14.1 Å². The molecule has 1 aromatic carbocycles. The molecule has 0 spiro atoms. The summed E-state index contributed by atoms with van der Waals surface area (Å²) in [4.78, 5) is 28.3. The van der Waals surface area contributed by atoms with Crippen molar-refractivity contribution in [3.05, 3.63) is 47.7 Å². The van der Waals surface area contributed by atoms with E-state index in [2.05, 4.69) is 5.32 Å². The van der Waals surface area contributed by atoms with Crippen LogP contribution in [0.5, 0.6) is 5.75 Å². The third-order valence-corrected chi connectivity index (χ3v) is 4.05. The first kappa shape index (κ1) is 17.7. The topological polar surface area (TPSA) is 75.0 Å². The lowest BCUT2D eigenvalue weighted by Crippen LogP contribution is -2.54. The molecular formula is C18H17N3O4S. The van der Waals surface area contributed by atoms with Crippen LogP contribution in [0, 0.1) is 0 Å². The molecule has 1 N–H and O–H groups in total. The smallest absolute Gasteiger partial charge is 0.270 e. The molecule has 3 rings (SSSR count). The van der Waals surface area contributed by atoms with Crippen LogP contribution in [0.1, 0.15) is 5.76 Å². The summed E-state index contributed by atoms with van der Waals surface area (Å²) in [5.74, 6) is 0.337. The lowest BCUT2D eigenvalue weighted by Gasteiger charge is -2.29. The number of carbonyl (C=O) groups is 2. The highest BCUT2D eigenvalue weighted by Gasteiger charge is 2.36. The van der Waals surface area contributed by atoms with Crippen molar-refractivity contribution in [1.82, 2.24) is 5.32 Å². The van der Waals surface area contributed by atoms with E-state index in [9.17, 15) is 9.59 Å². The summed E-state index contributed by atoms with van der Waals surface area (Å²) in [7, 11) is 5.16. The Balaban J connectivity index is 2.01. The average molecular weight is 371 g/mol. The molecular weight excluding hydrogens is 354 g/mol. The Morgan fingerprint density at radius 3 is 2.58 bits per heavy atom. The van der Waals surface area contributed by atoms with E-state index < -0.39 is 11.8 Å². The fraction of sp³-hybridized carbons (Fsp3) is 0.167. The molecule has 1 aliphatic heterocycles. The van der Waals surface area contributed by atoms with Crippen LogP contribution in [-0.4, -0.2) is 38.1 Å². The summed E-state index contributed by atoms with van der Waals surface area (Å²) in [6.07, 6.45) is 1.40. The van der Waals surface area contributed by atoms with Crippen LogP contribution >= 0.6 is 12.2 Å². The summed E-state index contributed by atoms with van der Waals surface area (Å²) < 4.78 is 10.9. The fourth-order valence-electron chi connectivity index (χ4n) is 2.49. The van der Waals surface area contributed by atoms with Gasteiger partial charge in [-0.05, 0) is 36.5 Å². The van der Waals surface area contributed by atoms with E-state index in [1.54, 1.807) is 41.3 Å². The molecule has 8 heteroatoms. The standard InChI is InChI=1S/C18H17N3O4S/c1-20(2)15-9-8-11(25-15)10-12-16(22)19-18(26)21(17(12)23)13-6-4-5-7-14(13)24-3/h4-10H,1-3H3,(H,19,22,26)/b12-10+. The number of furan rings is 1. The van der Waals surface area contributed by atoms with Crippen LogP contribution < -0.4 is 19.9 Å². The predicted octanol–water partition coefficient (Wildman–Crippen LogP) is 2.19. The van der Waals surface area contributed by atoms with E-state index in [0.717, 1.165) is 0 Å². The summed E-state index contributed by atoms with van der Waals surface area (Å²) >= 11 is 5.19. The van der Waals surface area contributed by atoms with Gasteiger partial charge in [0.2, 0.25) is 0 Å². The lowest BCUT2D eigenvalue weighted by molar-refractivity contribution is -0.122. The largest absolute Gasteiger partial charge is 0.495 e. The molecule has 26 heavy (non-hydrogen) atoms. The van der Waals surface area contributed by atoms with Crippen molar-refractivity contribution < 1.29 is 18.7 Å². The molecule has 134 valence electrons. The number of nitrogens with zero attached hydrogens (tertiary/aromatic N) is 2. The summed E-state index contributed by atoms with van der Waals surface area (Å²) in [6, 6.07) is 10.4. The van der Waals surface area contributed by atoms with Crippen molar-refractivity contribution in [2.45, 2.75) is 0 Å². The first-order valence-corrected chi connectivity index (χ1v) is 8.15. The second-order valence-corrected chi connectivity index (χ2v) is 6.09. The number of ether oxygens (including phenoxy) is 1. The number of rotatable bonds is 4. The Morgan fingerprint density at radius 2 is 1.92 bits per heavy atom.